The molecule has 0 aliphatic carbocycles. The van der Waals surface area contributed by atoms with Crippen LogP contribution >= 0.6 is 11.6 Å². The second-order valence-corrected chi connectivity index (χ2v) is 4.84. The summed E-state index contributed by atoms with van der Waals surface area (Å²) in [6, 6.07) is 10.7. The number of hydrogen-bond donors (Lipinski definition) is 2. The van der Waals surface area contributed by atoms with Gasteiger partial charge in [-0.3, -0.25) is 0 Å². The first kappa shape index (κ1) is 12.2. The van der Waals surface area contributed by atoms with Gasteiger partial charge in [-0.2, -0.15) is 0 Å². The molecular weight excluding hydrogens is 232 g/mol. The van der Waals surface area contributed by atoms with Crippen molar-refractivity contribution in [1.82, 2.24) is 10.3 Å². The van der Waals surface area contributed by atoms with E-state index in [4.69, 9.17) is 11.6 Å². The molecule has 0 radical (unpaired) electrons. The summed E-state index contributed by atoms with van der Waals surface area (Å²) in [5, 5.41) is 4.16. The van der Waals surface area contributed by atoms with E-state index in [0.717, 1.165) is 22.8 Å². The first-order chi connectivity index (χ1) is 8.16. The summed E-state index contributed by atoms with van der Waals surface area (Å²) >= 11 is 6.29. The molecule has 0 saturated carbocycles. The fraction of sp³-hybridized carbons (Fsp3) is 0.286. The Hall–Kier alpha value is -1.25. The molecule has 1 aromatic carbocycles. The number of rotatable bonds is 4. The second-order valence-electron chi connectivity index (χ2n) is 4.43. The van der Waals surface area contributed by atoms with Gasteiger partial charge in [0.25, 0.3) is 0 Å². The standard InChI is InChI=1S/C14H17ClN2/c1-10(2)17-9-11-5-6-12(13(15)8-11)14-4-3-7-16-14/h3-8,10,16-17H,9H2,1-2H3. The number of nitrogens with one attached hydrogen (secondary N) is 2. The van der Waals surface area contributed by atoms with Crippen LogP contribution in [0.2, 0.25) is 5.02 Å². The zero-order valence-electron chi connectivity index (χ0n) is 10.1. The van der Waals surface area contributed by atoms with Gasteiger partial charge in [-0.25, -0.2) is 0 Å². The highest BCUT2D eigenvalue weighted by atomic mass is 35.5. The maximum absolute atomic E-state index is 6.29. The molecule has 0 spiro atoms. The van der Waals surface area contributed by atoms with Crippen molar-refractivity contribution < 1.29 is 0 Å². The quantitative estimate of drug-likeness (QED) is 0.846. The third-order valence-electron chi connectivity index (χ3n) is 2.64. The fourth-order valence-corrected chi connectivity index (χ4v) is 2.01. The van der Waals surface area contributed by atoms with Gasteiger partial charge in [-0.05, 0) is 23.8 Å². The molecule has 1 heterocycles. The highest BCUT2D eigenvalue weighted by Gasteiger charge is 2.05. The molecule has 2 rings (SSSR count). The van der Waals surface area contributed by atoms with Gasteiger partial charge in [0.05, 0.1) is 5.02 Å². The summed E-state index contributed by atoms with van der Waals surface area (Å²) < 4.78 is 0. The lowest BCUT2D eigenvalue weighted by Gasteiger charge is -2.09. The normalized spacial score (nSPS) is 11.1. The molecule has 17 heavy (non-hydrogen) atoms. The van der Waals surface area contributed by atoms with Crippen molar-refractivity contribution in [1.29, 1.82) is 0 Å². The van der Waals surface area contributed by atoms with E-state index in [1.165, 1.54) is 5.56 Å². The van der Waals surface area contributed by atoms with Crippen LogP contribution in [0.25, 0.3) is 11.3 Å². The number of halogens is 1. The predicted octanol–water partition coefficient (Wildman–Crippen LogP) is 3.83. The molecule has 0 fully saturated rings. The predicted molar refractivity (Wildman–Crippen MR) is 73.2 cm³/mol. The molecule has 2 aromatic rings. The van der Waals surface area contributed by atoms with Crippen LogP contribution in [-0.4, -0.2) is 11.0 Å². The highest BCUT2D eigenvalue weighted by molar-refractivity contribution is 6.33. The molecule has 0 aliphatic rings. The van der Waals surface area contributed by atoms with Crippen molar-refractivity contribution in [2.75, 3.05) is 0 Å². The van der Waals surface area contributed by atoms with E-state index >= 15 is 0 Å². The SMILES string of the molecule is CC(C)NCc1ccc(-c2ccc[nH]2)c(Cl)c1. The monoisotopic (exact) mass is 248 g/mol. The topological polar surface area (TPSA) is 27.8 Å². The van der Waals surface area contributed by atoms with Crippen LogP contribution in [-0.2, 0) is 6.54 Å². The molecule has 0 unspecified atom stereocenters. The van der Waals surface area contributed by atoms with Gasteiger partial charge < -0.3 is 10.3 Å². The number of hydrogen-bond acceptors (Lipinski definition) is 1. The number of aromatic nitrogens is 1. The Balaban J connectivity index is 2.17. The molecule has 2 nitrogen and oxygen atoms in total. The van der Waals surface area contributed by atoms with E-state index in [1.807, 2.05) is 24.4 Å². The summed E-state index contributed by atoms with van der Waals surface area (Å²) in [5.74, 6) is 0. The first-order valence-electron chi connectivity index (χ1n) is 5.82. The summed E-state index contributed by atoms with van der Waals surface area (Å²) in [4.78, 5) is 3.16. The maximum atomic E-state index is 6.29. The van der Waals surface area contributed by atoms with Crippen molar-refractivity contribution >= 4 is 11.6 Å². The van der Waals surface area contributed by atoms with Crippen LogP contribution in [0.15, 0.2) is 36.5 Å². The smallest absolute Gasteiger partial charge is 0.0502 e. The average Bonchev–Trinajstić information content (AvgIpc) is 2.79. The van der Waals surface area contributed by atoms with Crippen LogP contribution in [0.4, 0.5) is 0 Å². The first-order valence-corrected chi connectivity index (χ1v) is 6.20. The lowest BCUT2D eigenvalue weighted by molar-refractivity contribution is 0.589. The minimum absolute atomic E-state index is 0.483. The minimum atomic E-state index is 0.483. The summed E-state index contributed by atoms with van der Waals surface area (Å²) in [6.45, 7) is 5.12. The Bertz CT molecular complexity index is 475. The largest absolute Gasteiger partial charge is 0.361 e. The van der Waals surface area contributed by atoms with Gasteiger partial charge in [0.1, 0.15) is 0 Å². The molecule has 2 N–H and O–H groups in total. The Morgan fingerprint density at radius 1 is 1.29 bits per heavy atom. The van der Waals surface area contributed by atoms with E-state index in [2.05, 4.69) is 36.3 Å². The van der Waals surface area contributed by atoms with E-state index in [-0.39, 0.29) is 0 Å². The molecule has 3 heteroatoms. The Kier molecular flexibility index (Phi) is 3.87. The Morgan fingerprint density at radius 3 is 2.71 bits per heavy atom. The average molecular weight is 249 g/mol. The lowest BCUT2D eigenvalue weighted by atomic mass is 10.1. The lowest BCUT2D eigenvalue weighted by Crippen LogP contribution is -2.21. The fourth-order valence-electron chi connectivity index (χ4n) is 1.71. The van der Waals surface area contributed by atoms with Crippen molar-refractivity contribution in [3.05, 3.63) is 47.1 Å². The zero-order valence-corrected chi connectivity index (χ0v) is 10.9. The van der Waals surface area contributed by atoms with E-state index in [1.54, 1.807) is 0 Å². The molecule has 0 saturated heterocycles. The number of aromatic amines is 1. The van der Waals surface area contributed by atoms with Gasteiger partial charge in [0.2, 0.25) is 0 Å². The van der Waals surface area contributed by atoms with Gasteiger partial charge in [0.15, 0.2) is 0 Å². The number of H-pyrrole nitrogens is 1. The third kappa shape index (κ3) is 3.11. The molecule has 0 bridgehead atoms. The summed E-state index contributed by atoms with van der Waals surface area (Å²) in [5.41, 5.74) is 3.31. The van der Waals surface area contributed by atoms with Crippen LogP contribution in [0.3, 0.4) is 0 Å². The highest BCUT2D eigenvalue weighted by Crippen LogP contribution is 2.27. The van der Waals surface area contributed by atoms with Crippen molar-refractivity contribution in [2.24, 2.45) is 0 Å². The van der Waals surface area contributed by atoms with Crippen LogP contribution in [0.5, 0.6) is 0 Å². The van der Waals surface area contributed by atoms with Gasteiger partial charge in [0, 0.05) is 30.0 Å². The Morgan fingerprint density at radius 2 is 2.12 bits per heavy atom. The second kappa shape index (κ2) is 5.39. The third-order valence-corrected chi connectivity index (χ3v) is 2.95. The van der Waals surface area contributed by atoms with Crippen LogP contribution in [0, 0.1) is 0 Å². The molecule has 0 atom stereocenters. The van der Waals surface area contributed by atoms with Crippen molar-refractivity contribution in [2.45, 2.75) is 26.4 Å². The summed E-state index contributed by atoms with van der Waals surface area (Å²) in [6.07, 6.45) is 1.90. The minimum Gasteiger partial charge on any atom is -0.361 e. The van der Waals surface area contributed by atoms with Crippen molar-refractivity contribution in [3.8, 4) is 11.3 Å². The van der Waals surface area contributed by atoms with Crippen molar-refractivity contribution in [3.63, 3.8) is 0 Å². The molecular formula is C14H17ClN2. The van der Waals surface area contributed by atoms with Gasteiger partial charge in [-0.1, -0.05) is 37.6 Å². The zero-order chi connectivity index (χ0) is 12.3. The molecule has 1 aromatic heterocycles. The molecule has 0 aliphatic heterocycles. The van der Waals surface area contributed by atoms with E-state index in [9.17, 15) is 0 Å². The molecule has 0 amide bonds. The Labute approximate surface area is 107 Å². The number of benzene rings is 1. The molecule has 90 valence electrons. The maximum Gasteiger partial charge on any atom is 0.0502 e. The van der Waals surface area contributed by atoms with Gasteiger partial charge >= 0.3 is 0 Å². The van der Waals surface area contributed by atoms with Crippen LogP contribution < -0.4 is 5.32 Å². The summed E-state index contributed by atoms with van der Waals surface area (Å²) in [7, 11) is 0. The van der Waals surface area contributed by atoms with E-state index in [0.29, 0.717) is 6.04 Å². The van der Waals surface area contributed by atoms with E-state index < -0.39 is 0 Å². The van der Waals surface area contributed by atoms with Gasteiger partial charge in [-0.15, -0.1) is 0 Å². The van der Waals surface area contributed by atoms with Crippen LogP contribution in [0.1, 0.15) is 19.4 Å².